The molecule has 0 aliphatic carbocycles. The van der Waals surface area contributed by atoms with Crippen molar-refractivity contribution in [2.45, 2.75) is 12.8 Å². The molecule has 0 bridgehead atoms. The zero-order valence-corrected chi connectivity index (χ0v) is 10.8. The highest BCUT2D eigenvalue weighted by molar-refractivity contribution is 6.34. The highest BCUT2D eigenvalue weighted by Crippen LogP contribution is 2.18. The number of hydrogen-bond acceptors (Lipinski definition) is 4. The SMILES string of the molecule is O=C(CCc1ccccc1)C(=O)Oc1cccc(O)c1. The topological polar surface area (TPSA) is 63.6 Å². The van der Waals surface area contributed by atoms with Crippen LogP contribution in [0, 0.1) is 0 Å². The number of aromatic hydroxyl groups is 1. The first kappa shape index (κ1) is 13.8. The first-order valence-corrected chi connectivity index (χ1v) is 6.23. The van der Waals surface area contributed by atoms with Crippen molar-refractivity contribution >= 4 is 11.8 Å². The van der Waals surface area contributed by atoms with E-state index in [0.717, 1.165) is 5.56 Å². The van der Waals surface area contributed by atoms with Gasteiger partial charge in [0, 0.05) is 12.5 Å². The van der Waals surface area contributed by atoms with Gasteiger partial charge in [-0.15, -0.1) is 0 Å². The Labute approximate surface area is 116 Å². The normalized spacial score (nSPS) is 10.0. The lowest BCUT2D eigenvalue weighted by molar-refractivity contribution is -0.147. The van der Waals surface area contributed by atoms with E-state index in [1.54, 1.807) is 0 Å². The van der Waals surface area contributed by atoms with Gasteiger partial charge < -0.3 is 9.84 Å². The maximum Gasteiger partial charge on any atom is 0.379 e. The fourth-order valence-electron chi connectivity index (χ4n) is 1.72. The van der Waals surface area contributed by atoms with Gasteiger partial charge >= 0.3 is 5.97 Å². The van der Waals surface area contributed by atoms with Gasteiger partial charge in [-0.2, -0.15) is 0 Å². The van der Waals surface area contributed by atoms with E-state index in [9.17, 15) is 14.7 Å². The van der Waals surface area contributed by atoms with E-state index in [1.807, 2.05) is 30.3 Å². The summed E-state index contributed by atoms with van der Waals surface area (Å²) in [5.41, 5.74) is 0.992. The number of carbonyl (C=O) groups excluding carboxylic acids is 2. The van der Waals surface area contributed by atoms with Crippen molar-refractivity contribution in [2.24, 2.45) is 0 Å². The lowest BCUT2D eigenvalue weighted by atomic mass is 10.1. The number of esters is 1. The standard InChI is InChI=1S/C16H14O4/c17-13-7-4-8-14(11-13)20-16(19)15(18)10-9-12-5-2-1-3-6-12/h1-8,11,17H,9-10H2. The predicted octanol–water partition coefficient (Wildman–Crippen LogP) is 2.50. The summed E-state index contributed by atoms with van der Waals surface area (Å²) < 4.78 is 4.90. The number of benzene rings is 2. The average Bonchev–Trinajstić information content (AvgIpc) is 2.46. The molecule has 0 aliphatic heterocycles. The predicted molar refractivity (Wildman–Crippen MR) is 73.5 cm³/mol. The first-order valence-electron chi connectivity index (χ1n) is 6.23. The van der Waals surface area contributed by atoms with E-state index in [4.69, 9.17) is 4.74 Å². The molecule has 4 heteroatoms. The number of carbonyl (C=O) groups is 2. The Kier molecular flexibility index (Phi) is 4.50. The molecule has 0 fully saturated rings. The van der Waals surface area contributed by atoms with Crippen LogP contribution in [0.15, 0.2) is 54.6 Å². The van der Waals surface area contributed by atoms with Crippen LogP contribution in [0.5, 0.6) is 11.5 Å². The van der Waals surface area contributed by atoms with Crippen molar-refractivity contribution in [3.63, 3.8) is 0 Å². The number of ether oxygens (including phenoxy) is 1. The maximum absolute atomic E-state index is 11.7. The molecule has 0 radical (unpaired) electrons. The minimum atomic E-state index is -0.911. The summed E-state index contributed by atoms with van der Waals surface area (Å²) in [5, 5.41) is 9.24. The molecule has 0 atom stereocenters. The highest BCUT2D eigenvalue weighted by Gasteiger charge is 2.16. The molecular weight excluding hydrogens is 256 g/mol. The van der Waals surface area contributed by atoms with Crippen LogP contribution in [0.3, 0.4) is 0 Å². The minimum absolute atomic E-state index is 0.0213. The van der Waals surface area contributed by atoms with Gasteiger partial charge in [-0.3, -0.25) is 4.79 Å². The Morgan fingerprint density at radius 3 is 2.45 bits per heavy atom. The zero-order chi connectivity index (χ0) is 14.4. The summed E-state index contributed by atoms with van der Waals surface area (Å²) in [5.74, 6) is -1.36. The highest BCUT2D eigenvalue weighted by atomic mass is 16.5. The Balaban J connectivity index is 1.88. The van der Waals surface area contributed by atoms with E-state index in [1.165, 1.54) is 24.3 Å². The lowest BCUT2D eigenvalue weighted by Crippen LogP contribution is -2.20. The van der Waals surface area contributed by atoms with Crippen molar-refractivity contribution in [3.8, 4) is 11.5 Å². The van der Waals surface area contributed by atoms with Gasteiger partial charge in [-0.1, -0.05) is 36.4 Å². The summed E-state index contributed by atoms with van der Waals surface area (Å²) >= 11 is 0. The largest absolute Gasteiger partial charge is 0.508 e. The van der Waals surface area contributed by atoms with Crippen LogP contribution in [-0.2, 0) is 16.0 Å². The van der Waals surface area contributed by atoms with Crippen LogP contribution in [0.4, 0.5) is 0 Å². The molecule has 102 valence electrons. The fourth-order valence-corrected chi connectivity index (χ4v) is 1.72. The van der Waals surface area contributed by atoms with Crippen LogP contribution in [-0.4, -0.2) is 16.9 Å². The van der Waals surface area contributed by atoms with Crippen LogP contribution in [0.1, 0.15) is 12.0 Å². The van der Waals surface area contributed by atoms with E-state index in [0.29, 0.717) is 6.42 Å². The Bertz CT molecular complexity index is 605. The molecule has 0 saturated heterocycles. The third-order valence-electron chi connectivity index (χ3n) is 2.74. The smallest absolute Gasteiger partial charge is 0.379 e. The van der Waals surface area contributed by atoms with Crippen LogP contribution < -0.4 is 4.74 Å². The van der Waals surface area contributed by atoms with Crippen molar-refractivity contribution in [1.29, 1.82) is 0 Å². The monoisotopic (exact) mass is 270 g/mol. The molecule has 2 aromatic rings. The molecule has 1 N–H and O–H groups in total. The van der Waals surface area contributed by atoms with Gasteiger partial charge in [0.15, 0.2) is 0 Å². The zero-order valence-electron chi connectivity index (χ0n) is 10.8. The first-order chi connectivity index (χ1) is 9.65. The van der Waals surface area contributed by atoms with Crippen LogP contribution in [0.2, 0.25) is 0 Å². The molecule has 0 heterocycles. The van der Waals surface area contributed by atoms with Crippen molar-refractivity contribution in [3.05, 3.63) is 60.2 Å². The second kappa shape index (κ2) is 6.52. The van der Waals surface area contributed by atoms with E-state index >= 15 is 0 Å². The molecule has 2 rings (SSSR count). The Morgan fingerprint density at radius 2 is 1.75 bits per heavy atom. The number of Topliss-reactive ketones (excluding diaryl/α,β-unsaturated/α-hetero) is 1. The molecule has 0 aromatic heterocycles. The molecule has 0 saturated carbocycles. The second-order valence-electron chi connectivity index (χ2n) is 4.30. The quantitative estimate of drug-likeness (QED) is 0.515. The third-order valence-corrected chi connectivity index (χ3v) is 2.74. The summed E-state index contributed by atoms with van der Waals surface area (Å²) in [6, 6.07) is 15.2. The average molecular weight is 270 g/mol. The van der Waals surface area contributed by atoms with Gasteiger partial charge in [-0.25, -0.2) is 4.79 Å². The fraction of sp³-hybridized carbons (Fsp3) is 0.125. The van der Waals surface area contributed by atoms with Gasteiger partial charge in [0.25, 0.3) is 0 Å². The number of phenols is 1. The van der Waals surface area contributed by atoms with Crippen molar-refractivity contribution in [1.82, 2.24) is 0 Å². The van der Waals surface area contributed by atoms with Gasteiger partial charge in [0.05, 0.1) is 0 Å². The molecule has 4 nitrogen and oxygen atoms in total. The van der Waals surface area contributed by atoms with E-state index in [2.05, 4.69) is 0 Å². The number of aryl methyl sites for hydroxylation is 1. The van der Waals surface area contributed by atoms with Crippen molar-refractivity contribution in [2.75, 3.05) is 0 Å². The van der Waals surface area contributed by atoms with Crippen molar-refractivity contribution < 1.29 is 19.4 Å². The summed E-state index contributed by atoms with van der Waals surface area (Å²) in [6.07, 6.45) is 0.594. The molecule has 2 aromatic carbocycles. The summed E-state index contributed by atoms with van der Waals surface area (Å²) in [4.78, 5) is 23.3. The molecule has 20 heavy (non-hydrogen) atoms. The lowest BCUT2D eigenvalue weighted by Gasteiger charge is -2.04. The maximum atomic E-state index is 11.7. The minimum Gasteiger partial charge on any atom is -0.508 e. The van der Waals surface area contributed by atoms with Crippen LogP contribution in [0.25, 0.3) is 0 Å². The second-order valence-corrected chi connectivity index (χ2v) is 4.30. The molecular formula is C16H14O4. The number of phenolic OH excluding ortho intramolecular Hbond substituents is 1. The summed E-state index contributed by atoms with van der Waals surface area (Å²) in [6.45, 7) is 0. The van der Waals surface area contributed by atoms with Crippen LogP contribution >= 0.6 is 0 Å². The molecule has 0 unspecified atom stereocenters. The number of ketones is 1. The van der Waals surface area contributed by atoms with E-state index in [-0.39, 0.29) is 17.9 Å². The Hall–Kier alpha value is -2.62. The molecule has 0 spiro atoms. The third kappa shape index (κ3) is 3.95. The van der Waals surface area contributed by atoms with Gasteiger partial charge in [0.2, 0.25) is 5.78 Å². The Morgan fingerprint density at radius 1 is 1.00 bits per heavy atom. The molecule has 0 aliphatic rings. The van der Waals surface area contributed by atoms with E-state index < -0.39 is 11.8 Å². The number of hydrogen-bond donors (Lipinski definition) is 1. The number of rotatable bonds is 5. The summed E-state index contributed by atoms with van der Waals surface area (Å²) in [7, 11) is 0. The van der Waals surface area contributed by atoms with Gasteiger partial charge in [0.1, 0.15) is 11.5 Å². The van der Waals surface area contributed by atoms with Gasteiger partial charge in [-0.05, 0) is 24.1 Å². The molecule has 0 amide bonds.